The monoisotopic (exact) mass is 322 g/mol. The van der Waals surface area contributed by atoms with Crippen molar-refractivity contribution in [1.82, 2.24) is 4.98 Å². The lowest BCUT2D eigenvalue weighted by Gasteiger charge is -2.10. The predicted octanol–water partition coefficient (Wildman–Crippen LogP) is 3.45. The molecule has 2 heterocycles. The summed E-state index contributed by atoms with van der Waals surface area (Å²) in [5.74, 6) is 1.26. The molecular weight excluding hydrogens is 308 g/mol. The fraction of sp³-hybridized carbons (Fsp3) is 0.400. The highest BCUT2D eigenvalue weighted by atomic mass is 35.5. The molecule has 0 radical (unpaired) electrons. The second-order valence-electron chi connectivity index (χ2n) is 5.34. The fourth-order valence-electron chi connectivity index (χ4n) is 2.81. The average Bonchev–Trinajstić information content (AvgIpc) is 3.12. The van der Waals surface area contributed by atoms with E-state index in [1.54, 1.807) is 11.3 Å². The van der Waals surface area contributed by atoms with Crippen molar-refractivity contribution in [3.63, 3.8) is 0 Å². The van der Waals surface area contributed by atoms with Crippen molar-refractivity contribution in [3.05, 3.63) is 38.3 Å². The van der Waals surface area contributed by atoms with E-state index in [4.69, 9.17) is 31.8 Å². The Morgan fingerprint density at radius 2 is 2.10 bits per heavy atom. The number of benzene rings is 1. The standard InChI is InChI=1S/C15H15ClN2O2S/c16-9-5-8(6-11-14(9)20-7-19-11)13(17)15-18-10-3-1-2-4-12(10)21-15/h5-6,13H,1-4,7,17H2. The van der Waals surface area contributed by atoms with Gasteiger partial charge in [0.25, 0.3) is 0 Å². The molecule has 0 amide bonds. The maximum atomic E-state index is 6.38. The van der Waals surface area contributed by atoms with Gasteiger partial charge >= 0.3 is 0 Å². The lowest BCUT2D eigenvalue weighted by molar-refractivity contribution is 0.174. The van der Waals surface area contributed by atoms with E-state index in [0.717, 1.165) is 23.4 Å². The third kappa shape index (κ3) is 2.29. The molecule has 2 aliphatic rings. The lowest BCUT2D eigenvalue weighted by atomic mass is 10.0. The summed E-state index contributed by atoms with van der Waals surface area (Å²) in [5, 5.41) is 1.49. The molecule has 6 heteroatoms. The summed E-state index contributed by atoms with van der Waals surface area (Å²) in [4.78, 5) is 6.12. The Kier molecular flexibility index (Phi) is 3.28. The smallest absolute Gasteiger partial charge is 0.231 e. The largest absolute Gasteiger partial charge is 0.454 e. The summed E-state index contributed by atoms with van der Waals surface area (Å²) in [7, 11) is 0. The number of hydrogen-bond donors (Lipinski definition) is 1. The first kappa shape index (κ1) is 13.4. The van der Waals surface area contributed by atoms with Crippen molar-refractivity contribution in [1.29, 1.82) is 0 Å². The number of ether oxygens (including phenoxy) is 2. The Morgan fingerprint density at radius 3 is 2.95 bits per heavy atom. The third-order valence-corrected chi connectivity index (χ3v) is 5.46. The summed E-state index contributed by atoms with van der Waals surface area (Å²) in [6.45, 7) is 0.208. The van der Waals surface area contributed by atoms with Crippen LogP contribution in [-0.4, -0.2) is 11.8 Å². The second-order valence-corrected chi connectivity index (χ2v) is 6.87. The third-order valence-electron chi connectivity index (χ3n) is 3.94. The molecule has 1 aromatic heterocycles. The van der Waals surface area contributed by atoms with Gasteiger partial charge in [-0.05, 0) is 43.4 Å². The highest BCUT2D eigenvalue weighted by Crippen LogP contribution is 2.42. The van der Waals surface area contributed by atoms with E-state index in [2.05, 4.69) is 0 Å². The first-order valence-corrected chi connectivity index (χ1v) is 8.25. The van der Waals surface area contributed by atoms with Gasteiger partial charge in [-0.3, -0.25) is 0 Å². The van der Waals surface area contributed by atoms with Crippen LogP contribution in [0.2, 0.25) is 5.02 Å². The Hall–Kier alpha value is -1.30. The van der Waals surface area contributed by atoms with Gasteiger partial charge in [0.15, 0.2) is 11.5 Å². The van der Waals surface area contributed by atoms with Crippen molar-refractivity contribution in [2.45, 2.75) is 31.7 Å². The van der Waals surface area contributed by atoms with Crippen LogP contribution < -0.4 is 15.2 Å². The number of aryl methyl sites for hydroxylation is 2. The molecular formula is C15H15ClN2O2S. The van der Waals surface area contributed by atoms with Crippen LogP contribution >= 0.6 is 22.9 Å². The quantitative estimate of drug-likeness (QED) is 0.920. The maximum Gasteiger partial charge on any atom is 0.231 e. The van der Waals surface area contributed by atoms with E-state index in [1.807, 2.05) is 12.1 Å². The zero-order valence-electron chi connectivity index (χ0n) is 11.4. The first-order valence-electron chi connectivity index (χ1n) is 7.05. The molecule has 2 aromatic rings. The summed E-state index contributed by atoms with van der Waals surface area (Å²) in [6, 6.07) is 3.48. The van der Waals surface area contributed by atoms with Crippen molar-refractivity contribution >= 4 is 22.9 Å². The molecule has 1 aliphatic heterocycles. The van der Waals surface area contributed by atoms with Gasteiger partial charge in [0.1, 0.15) is 5.01 Å². The number of nitrogens with zero attached hydrogens (tertiary/aromatic N) is 1. The Morgan fingerprint density at radius 1 is 1.24 bits per heavy atom. The van der Waals surface area contributed by atoms with Gasteiger partial charge < -0.3 is 15.2 Å². The topological polar surface area (TPSA) is 57.4 Å². The predicted molar refractivity (Wildman–Crippen MR) is 82.4 cm³/mol. The Bertz CT molecular complexity index is 678. The van der Waals surface area contributed by atoms with Crippen LogP contribution in [0.1, 0.15) is 40.0 Å². The highest BCUT2D eigenvalue weighted by Gasteiger charge is 2.24. The molecule has 0 bridgehead atoms. The number of rotatable bonds is 2. The number of fused-ring (bicyclic) bond motifs is 2. The van der Waals surface area contributed by atoms with Gasteiger partial charge in [-0.1, -0.05) is 11.6 Å². The molecule has 0 saturated carbocycles. The molecule has 1 unspecified atom stereocenters. The van der Waals surface area contributed by atoms with Crippen LogP contribution in [0.3, 0.4) is 0 Å². The SMILES string of the molecule is NC(c1cc(Cl)c2c(c1)OCO2)c1nc2c(s1)CCCC2. The molecule has 1 aliphatic carbocycles. The fourth-order valence-corrected chi connectivity index (χ4v) is 4.27. The van der Waals surface area contributed by atoms with Crippen LogP contribution in [0.4, 0.5) is 0 Å². The van der Waals surface area contributed by atoms with Crippen molar-refractivity contribution < 1.29 is 9.47 Å². The van der Waals surface area contributed by atoms with Crippen molar-refractivity contribution in [2.75, 3.05) is 6.79 Å². The summed E-state index contributed by atoms with van der Waals surface area (Å²) < 4.78 is 10.7. The number of hydrogen-bond acceptors (Lipinski definition) is 5. The summed E-state index contributed by atoms with van der Waals surface area (Å²) in [5.41, 5.74) is 8.52. The molecule has 110 valence electrons. The molecule has 2 N–H and O–H groups in total. The van der Waals surface area contributed by atoms with E-state index in [0.29, 0.717) is 16.5 Å². The van der Waals surface area contributed by atoms with Gasteiger partial charge in [-0.2, -0.15) is 0 Å². The normalized spacial score (nSPS) is 17.6. The molecule has 1 atom stereocenters. The second kappa shape index (κ2) is 5.16. The van der Waals surface area contributed by atoms with Crippen LogP contribution in [-0.2, 0) is 12.8 Å². The Labute approximate surface area is 131 Å². The molecule has 4 nitrogen and oxygen atoms in total. The average molecular weight is 323 g/mol. The highest BCUT2D eigenvalue weighted by molar-refractivity contribution is 7.11. The van der Waals surface area contributed by atoms with Crippen LogP contribution in [0, 0.1) is 0 Å². The molecule has 0 saturated heterocycles. The lowest BCUT2D eigenvalue weighted by Crippen LogP contribution is -2.11. The zero-order chi connectivity index (χ0) is 14.4. The number of nitrogens with two attached hydrogens (primary N) is 1. The Balaban J connectivity index is 1.70. The molecule has 0 spiro atoms. The van der Waals surface area contributed by atoms with E-state index in [1.165, 1.54) is 23.4 Å². The van der Waals surface area contributed by atoms with Crippen LogP contribution in [0.5, 0.6) is 11.5 Å². The van der Waals surface area contributed by atoms with Crippen molar-refractivity contribution in [2.24, 2.45) is 5.73 Å². The minimum atomic E-state index is -0.271. The molecule has 21 heavy (non-hydrogen) atoms. The van der Waals surface area contributed by atoms with Gasteiger partial charge in [0.2, 0.25) is 6.79 Å². The molecule has 1 aromatic carbocycles. The summed E-state index contributed by atoms with van der Waals surface area (Å²) in [6.07, 6.45) is 4.67. The minimum Gasteiger partial charge on any atom is -0.454 e. The molecule has 0 fully saturated rings. The number of aromatic nitrogens is 1. The van der Waals surface area contributed by atoms with Crippen molar-refractivity contribution in [3.8, 4) is 11.5 Å². The van der Waals surface area contributed by atoms with E-state index in [9.17, 15) is 0 Å². The van der Waals surface area contributed by atoms with Crippen LogP contribution in [0.15, 0.2) is 12.1 Å². The van der Waals surface area contributed by atoms with E-state index in [-0.39, 0.29) is 12.8 Å². The molecule has 4 rings (SSSR count). The van der Waals surface area contributed by atoms with Gasteiger partial charge in [-0.25, -0.2) is 4.98 Å². The minimum absolute atomic E-state index is 0.208. The van der Waals surface area contributed by atoms with Gasteiger partial charge in [0, 0.05) is 4.88 Å². The van der Waals surface area contributed by atoms with E-state index >= 15 is 0 Å². The summed E-state index contributed by atoms with van der Waals surface area (Å²) >= 11 is 7.96. The van der Waals surface area contributed by atoms with E-state index < -0.39 is 0 Å². The van der Waals surface area contributed by atoms with Gasteiger partial charge in [-0.15, -0.1) is 11.3 Å². The maximum absolute atomic E-state index is 6.38. The zero-order valence-corrected chi connectivity index (χ0v) is 13.0. The van der Waals surface area contributed by atoms with Crippen LogP contribution in [0.25, 0.3) is 0 Å². The van der Waals surface area contributed by atoms with Gasteiger partial charge in [0.05, 0.1) is 16.8 Å². The number of halogens is 1. The number of thiazole rings is 1. The first-order chi connectivity index (χ1) is 10.2.